The summed E-state index contributed by atoms with van der Waals surface area (Å²) >= 11 is 0. The van der Waals surface area contributed by atoms with E-state index in [-0.39, 0.29) is 29.6 Å². The number of hydrogen-bond acceptors (Lipinski definition) is 11. The second kappa shape index (κ2) is 15.0. The molecule has 16 heteroatoms. The zero-order valence-corrected chi connectivity index (χ0v) is 33.2. The SMILES string of the molecule is CN1CCN([C@@H]2CCCN(c3cnc(C(N)=O)c(Nc4ccc(C5CCN(C6CC(c7cc8o[nH]c(C9CCC(=O)NC9=O)c8c8ccnc78)C6)CC5)cc4)n3)C2)C1=O. The van der Waals surface area contributed by atoms with Gasteiger partial charge in [0.15, 0.2) is 17.1 Å². The fraction of sp³-hybridized carbons (Fsp3) is 0.465. The maximum Gasteiger partial charge on any atom is 0.320 e. The number of primary amides is 1. The predicted molar refractivity (Wildman–Crippen MR) is 221 cm³/mol. The molecule has 2 atom stereocenters. The van der Waals surface area contributed by atoms with E-state index in [0.29, 0.717) is 54.6 Å². The number of amides is 5. The van der Waals surface area contributed by atoms with E-state index in [2.05, 4.69) is 48.8 Å². The average molecular weight is 800 g/mol. The summed E-state index contributed by atoms with van der Waals surface area (Å²) in [5.74, 6) is 0.166. The molecular formula is C43H49N11O5. The van der Waals surface area contributed by atoms with E-state index in [0.717, 1.165) is 98.8 Å². The van der Waals surface area contributed by atoms with E-state index in [9.17, 15) is 19.2 Å². The number of piperidine rings is 3. The third-order valence-corrected chi connectivity index (χ3v) is 13.6. The Labute approximate surface area is 340 Å². The van der Waals surface area contributed by atoms with Crippen LogP contribution >= 0.6 is 0 Å². The van der Waals surface area contributed by atoms with E-state index in [4.69, 9.17) is 20.2 Å². The van der Waals surface area contributed by atoms with Crippen LogP contribution in [0.1, 0.15) is 96.4 Å². The van der Waals surface area contributed by atoms with Gasteiger partial charge in [-0.3, -0.25) is 24.7 Å². The van der Waals surface area contributed by atoms with Crippen molar-refractivity contribution < 1.29 is 23.7 Å². The number of fused-ring (bicyclic) bond motifs is 3. The number of carbonyl (C=O) groups excluding carboxylic acids is 4. The maximum atomic E-state index is 12.7. The van der Waals surface area contributed by atoms with Crippen LogP contribution in [0.3, 0.4) is 0 Å². The van der Waals surface area contributed by atoms with Crippen molar-refractivity contribution in [2.24, 2.45) is 5.73 Å². The first-order chi connectivity index (χ1) is 28.7. The van der Waals surface area contributed by atoms with Crippen molar-refractivity contribution in [3.8, 4) is 0 Å². The lowest BCUT2D eigenvalue weighted by molar-refractivity contribution is -0.134. The fourth-order valence-corrected chi connectivity index (χ4v) is 10.2. The van der Waals surface area contributed by atoms with Crippen molar-refractivity contribution >= 4 is 62.9 Å². The van der Waals surface area contributed by atoms with Gasteiger partial charge in [-0.1, -0.05) is 12.1 Å². The fourth-order valence-electron chi connectivity index (χ4n) is 10.2. The number of anilines is 3. The molecule has 5 aromatic rings. The highest BCUT2D eigenvalue weighted by atomic mass is 16.5. The topological polar surface area (TPSA) is 199 Å². The number of urea groups is 1. The van der Waals surface area contributed by atoms with E-state index in [1.807, 2.05) is 36.3 Å². The number of aromatic nitrogens is 4. The van der Waals surface area contributed by atoms with Crippen LogP contribution in [0.15, 0.2) is 53.3 Å². The first-order valence-electron chi connectivity index (χ1n) is 20.9. The van der Waals surface area contributed by atoms with E-state index >= 15 is 0 Å². The minimum Gasteiger partial charge on any atom is -0.382 e. The molecule has 5 N–H and O–H groups in total. The van der Waals surface area contributed by atoms with Gasteiger partial charge in [-0.2, -0.15) is 0 Å². The minimum atomic E-state index is -0.649. The summed E-state index contributed by atoms with van der Waals surface area (Å²) in [6, 6.07) is 13.2. The molecule has 4 saturated heterocycles. The summed E-state index contributed by atoms with van der Waals surface area (Å²) in [7, 11) is 1.84. The van der Waals surface area contributed by atoms with Gasteiger partial charge in [-0.15, -0.1) is 0 Å². The van der Waals surface area contributed by atoms with Gasteiger partial charge in [-0.05, 0) is 105 Å². The molecule has 0 spiro atoms. The number of aromatic amines is 1. The standard InChI is InChI=1S/C43H49N11O5/c1-51-17-18-54(43(51)58)28-3-2-14-53(23-28)34-22-46-39(40(44)56)41(48-34)47-27-6-4-24(5-7-27)25-11-15-52(16-12-25)29-19-26(20-29)32-21-33-36(30-10-13-45-37(30)32)38(50-59-33)31-8-9-35(55)49-42(31)57/h4-7,10,13,21-22,25-26,28-29,31,50H,2-3,8-9,11-12,14-20,23H2,1H3,(H2,44,56)(H,47,48)(H,49,55,57)/t26?,28-,29?,31?/m1/s1. The molecule has 2 aromatic carbocycles. The highest BCUT2D eigenvalue weighted by Gasteiger charge is 2.39. The molecule has 0 bridgehead atoms. The lowest BCUT2D eigenvalue weighted by Crippen LogP contribution is -2.49. The number of likely N-dealkylation sites (tertiary alicyclic amines) is 1. The molecule has 3 aromatic heterocycles. The first-order valence-corrected chi connectivity index (χ1v) is 20.9. The summed E-state index contributed by atoms with van der Waals surface area (Å²) in [5.41, 5.74) is 11.5. The number of carbonyl (C=O) groups is 4. The maximum absolute atomic E-state index is 12.7. The van der Waals surface area contributed by atoms with Crippen LogP contribution in [0, 0.1) is 0 Å². The number of imide groups is 1. The Bertz CT molecular complexity index is 2450. The van der Waals surface area contributed by atoms with Crippen LogP contribution in [0.25, 0.3) is 21.9 Å². The van der Waals surface area contributed by atoms with Crippen molar-refractivity contribution in [2.75, 3.05) is 56.5 Å². The Morgan fingerprint density at radius 1 is 0.932 bits per heavy atom. The molecule has 5 aliphatic rings. The van der Waals surface area contributed by atoms with E-state index in [1.165, 1.54) is 11.1 Å². The van der Waals surface area contributed by atoms with Gasteiger partial charge in [0.25, 0.3) is 5.91 Å². The van der Waals surface area contributed by atoms with Gasteiger partial charge in [-0.25, -0.2) is 19.9 Å². The number of nitrogens with two attached hydrogens (primary N) is 1. The molecular weight excluding hydrogens is 751 g/mol. The van der Waals surface area contributed by atoms with Crippen molar-refractivity contribution in [3.05, 3.63) is 71.3 Å². The Hall–Kier alpha value is -6.03. The molecule has 0 radical (unpaired) electrons. The Kier molecular flexibility index (Phi) is 9.45. The van der Waals surface area contributed by atoms with Crippen LogP contribution in [0.4, 0.5) is 22.1 Å². The largest absolute Gasteiger partial charge is 0.382 e. The number of hydrogen-bond donors (Lipinski definition) is 4. The summed E-state index contributed by atoms with van der Waals surface area (Å²) in [6.45, 7) is 4.99. The van der Waals surface area contributed by atoms with Crippen molar-refractivity contribution in [1.29, 1.82) is 0 Å². The quantitative estimate of drug-likeness (QED) is 0.148. The van der Waals surface area contributed by atoms with Crippen molar-refractivity contribution in [1.82, 2.24) is 40.1 Å². The van der Waals surface area contributed by atoms with Gasteiger partial charge in [0, 0.05) is 63.0 Å². The molecule has 1 unspecified atom stereocenters. The molecule has 306 valence electrons. The van der Waals surface area contributed by atoms with E-state index in [1.54, 1.807) is 11.1 Å². The lowest BCUT2D eigenvalue weighted by Gasteiger charge is -2.46. The highest BCUT2D eigenvalue weighted by Crippen LogP contribution is 2.46. The summed E-state index contributed by atoms with van der Waals surface area (Å²) in [6.07, 6.45) is 10.3. The number of likely N-dealkylation sites (N-methyl/N-ethyl adjacent to an activating group) is 1. The number of nitrogens with one attached hydrogen (secondary N) is 3. The summed E-state index contributed by atoms with van der Waals surface area (Å²) in [5, 5.41) is 10.7. The Morgan fingerprint density at radius 3 is 2.49 bits per heavy atom. The molecule has 1 saturated carbocycles. The number of nitrogens with zero attached hydrogens (tertiary/aromatic N) is 7. The smallest absolute Gasteiger partial charge is 0.320 e. The highest BCUT2D eigenvalue weighted by molar-refractivity contribution is 6.10. The molecule has 7 heterocycles. The number of benzene rings is 2. The van der Waals surface area contributed by atoms with Crippen molar-refractivity contribution in [2.45, 2.75) is 81.2 Å². The van der Waals surface area contributed by atoms with Crippen LogP contribution in [0.2, 0.25) is 0 Å². The summed E-state index contributed by atoms with van der Waals surface area (Å²) in [4.78, 5) is 72.1. The normalized spacial score (nSPS) is 24.6. The average Bonchev–Trinajstić information content (AvgIpc) is 3.97. The zero-order valence-electron chi connectivity index (χ0n) is 33.2. The van der Waals surface area contributed by atoms with Crippen LogP contribution in [-0.2, 0) is 9.59 Å². The summed E-state index contributed by atoms with van der Waals surface area (Å²) < 4.78 is 5.94. The first kappa shape index (κ1) is 37.3. The van der Waals surface area contributed by atoms with Gasteiger partial charge >= 0.3 is 6.03 Å². The molecule has 1 aliphatic carbocycles. The number of rotatable bonds is 9. The molecule has 16 nitrogen and oxygen atoms in total. The zero-order chi connectivity index (χ0) is 40.4. The second-order valence-corrected chi connectivity index (χ2v) is 17.0. The molecule has 5 fully saturated rings. The third kappa shape index (κ3) is 6.82. The van der Waals surface area contributed by atoms with Gasteiger partial charge in [0.05, 0.1) is 34.8 Å². The second-order valence-electron chi connectivity index (χ2n) is 17.0. The molecule has 5 amide bonds. The lowest BCUT2D eigenvalue weighted by atomic mass is 9.73. The minimum absolute atomic E-state index is 0.0682. The van der Waals surface area contributed by atoms with Crippen LogP contribution in [-0.4, -0.2) is 117 Å². The predicted octanol–water partition coefficient (Wildman–Crippen LogP) is 4.92. The number of H-pyrrole nitrogens is 1. The third-order valence-electron chi connectivity index (χ3n) is 13.6. The monoisotopic (exact) mass is 799 g/mol. The molecule has 10 rings (SSSR count). The Balaban J connectivity index is 0.758. The Morgan fingerprint density at radius 2 is 1.75 bits per heavy atom. The molecule has 59 heavy (non-hydrogen) atoms. The van der Waals surface area contributed by atoms with Crippen LogP contribution < -0.4 is 21.3 Å². The van der Waals surface area contributed by atoms with Gasteiger partial charge in [0.2, 0.25) is 11.8 Å². The van der Waals surface area contributed by atoms with Gasteiger partial charge < -0.3 is 35.2 Å². The molecule has 4 aliphatic heterocycles. The van der Waals surface area contributed by atoms with Crippen LogP contribution in [0.5, 0.6) is 0 Å². The van der Waals surface area contributed by atoms with E-state index < -0.39 is 11.8 Å². The van der Waals surface area contributed by atoms with Crippen molar-refractivity contribution in [3.63, 3.8) is 0 Å². The van der Waals surface area contributed by atoms with Gasteiger partial charge in [0.1, 0.15) is 5.82 Å².